The quantitative estimate of drug-likeness (QED) is 0.901. The van der Waals surface area contributed by atoms with Crippen molar-refractivity contribution in [2.24, 2.45) is 0 Å². The van der Waals surface area contributed by atoms with Crippen molar-refractivity contribution in [3.8, 4) is 0 Å². The first-order valence-electron chi connectivity index (χ1n) is 9.20. The number of ether oxygens (including phenoxy) is 1. The van der Waals surface area contributed by atoms with Crippen molar-refractivity contribution in [3.05, 3.63) is 35.5 Å². The highest BCUT2D eigenvalue weighted by Gasteiger charge is 2.29. The second-order valence-corrected chi connectivity index (χ2v) is 7.36. The molecule has 0 bridgehead atoms. The minimum absolute atomic E-state index is 0.0907. The van der Waals surface area contributed by atoms with E-state index in [-0.39, 0.29) is 18.1 Å². The summed E-state index contributed by atoms with van der Waals surface area (Å²) in [4.78, 5) is 15.7. The fourth-order valence-electron chi connectivity index (χ4n) is 4.28. The molecule has 2 N–H and O–H groups in total. The van der Waals surface area contributed by atoms with E-state index in [4.69, 9.17) is 4.74 Å². The molecule has 1 aromatic carbocycles. The minimum atomic E-state index is -0.221. The van der Waals surface area contributed by atoms with Gasteiger partial charge in [-0.2, -0.15) is 0 Å². The summed E-state index contributed by atoms with van der Waals surface area (Å²) in [5, 5.41) is 4.58. The van der Waals surface area contributed by atoms with E-state index in [1.807, 2.05) is 0 Å². The van der Waals surface area contributed by atoms with E-state index in [9.17, 15) is 4.79 Å². The molecular weight excluding hydrogens is 300 g/mol. The number of rotatable bonds is 3. The molecule has 24 heavy (non-hydrogen) atoms. The molecule has 1 aliphatic carbocycles. The Balaban J connectivity index is 1.47. The summed E-state index contributed by atoms with van der Waals surface area (Å²) in [7, 11) is 0. The number of hydrogen-bond donors (Lipinski definition) is 2. The van der Waals surface area contributed by atoms with Crippen molar-refractivity contribution in [1.82, 2.24) is 10.3 Å². The third kappa shape index (κ3) is 3.07. The van der Waals surface area contributed by atoms with Crippen LogP contribution in [-0.4, -0.2) is 29.6 Å². The van der Waals surface area contributed by atoms with Crippen molar-refractivity contribution in [3.63, 3.8) is 0 Å². The lowest BCUT2D eigenvalue weighted by molar-refractivity contribution is -0.131. The summed E-state index contributed by atoms with van der Waals surface area (Å²) in [6, 6.07) is 6.85. The smallest absolute Gasteiger partial charge is 0.249 e. The van der Waals surface area contributed by atoms with Crippen LogP contribution in [0.4, 0.5) is 0 Å². The zero-order valence-corrected chi connectivity index (χ0v) is 14.3. The van der Waals surface area contributed by atoms with Gasteiger partial charge in [-0.3, -0.25) is 4.79 Å². The van der Waals surface area contributed by atoms with Crippen molar-refractivity contribution < 1.29 is 9.53 Å². The van der Waals surface area contributed by atoms with Gasteiger partial charge in [-0.25, -0.2) is 0 Å². The van der Waals surface area contributed by atoms with Crippen LogP contribution in [0.3, 0.4) is 0 Å². The molecule has 2 fully saturated rings. The maximum absolute atomic E-state index is 12.3. The first-order chi connectivity index (χ1) is 11.7. The van der Waals surface area contributed by atoms with Crippen LogP contribution in [0.15, 0.2) is 24.4 Å². The van der Waals surface area contributed by atoms with Crippen LogP contribution in [0.5, 0.6) is 0 Å². The Kier molecular flexibility index (Phi) is 4.31. The lowest BCUT2D eigenvalue weighted by Crippen LogP contribution is -2.43. The molecule has 128 valence electrons. The van der Waals surface area contributed by atoms with Gasteiger partial charge >= 0.3 is 0 Å². The number of H-pyrrole nitrogens is 1. The van der Waals surface area contributed by atoms with E-state index in [1.54, 1.807) is 0 Å². The van der Waals surface area contributed by atoms with E-state index >= 15 is 0 Å². The van der Waals surface area contributed by atoms with Crippen LogP contribution in [-0.2, 0) is 9.53 Å². The number of aryl methyl sites for hydroxylation is 1. The van der Waals surface area contributed by atoms with Gasteiger partial charge in [-0.1, -0.05) is 18.1 Å². The Hall–Kier alpha value is -1.81. The molecule has 4 nitrogen and oxygen atoms in total. The predicted octanol–water partition coefficient (Wildman–Crippen LogP) is 3.80. The lowest BCUT2D eigenvalue weighted by atomic mass is 9.81. The summed E-state index contributed by atoms with van der Waals surface area (Å²) in [5.74, 6) is 0.608. The average molecular weight is 326 g/mol. The Morgan fingerprint density at radius 1 is 1.25 bits per heavy atom. The molecule has 0 spiro atoms. The largest absolute Gasteiger partial charge is 0.368 e. The van der Waals surface area contributed by atoms with Crippen molar-refractivity contribution >= 4 is 16.8 Å². The fraction of sp³-hybridized carbons (Fsp3) is 0.550. The predicted molar refractivity (Wildman–Crippen MR) is 95.1 cm³/mol. The van der Waals surface area contributed by atoms with Gasteiger partial charge in [0.1, 0.15) is 6.10 Å². The van der Waals surface area contributed by atoms with E-state index in [2.05, 4.69) is 41.6 Å². The van der Waals surface area contributed by atoms with Gasteiger partial charge in [-0.05, 0) is 62.6 Å². The van der Waals surface area contributed by atoms with Gasteiger partial charge in [0.05, 0.1) is 0 Å². The van der Waals surface area contributed by atoms with E-state index in [1.165, 1.54) is 34.9 Å². The van der Waals surface area contributed by atoms with Crippen molar-refractivity contribution in [2.75, 3.05) is 6.61 Å². The van der Waals surface area contributed by atoms with Gasteiger partial charge < -0.3 is 15.0 Å². The molecule has 4 heteroatoms. The average Bonchev–Trinajstić information content (AvgIpc) is 3.24. The summed E-state index contributed by atoms with van der Waals surface area (Å²) in [6.07, 6.45) is 8.28. The van der Waals surface area contributed by atoms with Gasteiger partial charge in [-0.15, -0.1) is 0 Å². The highest BCUT2D eigenvalue weighted by molar-refractivity contribution is 5.84. The van der Waals surface area contributed by atoms with Crippen LogP contribution in [0, 0.1) is 6.92 Å². The Labute approximate surface area is 143 Å². The zero-order chi connectivity index (χ0) is 16.5. The Morgan fingerprint density at radius 3 is 3.00 bits per heavy atom. The summed E-state index contributed by atoms with van der Waals surface area (Å²) >= 11 is 0. The van der Waals surface area contributed by atoms with Crippen LogP contribution < -0.4 is 5.32 Å². The van der Waals surface area contributed by atoms with Crippen LogP contribution >= 0.6 is 0 Å². The van der Waals surface area contributed by atoms with Gasteiger partial charge in [0.2, 0.25) is 5.91 Å². The minimum Gasteiger partial charge on any atom is -0.368 e. The van der Waals surface area contributed by atoms with Crippen LogP contribution in [0.2, 0.25) is 0 Å². The second-order valence-electron chi connectivity index (χ2n) is 7.36. The molecule has 2 aromatic rings. The normalized spacial score (nSPS) is 27.5. The Bertz CT molecular complexity index is 730. The van der Waals surface area contributed by atoms with Gasteiger partial charge in [0.15, 0.2) is 0 Å². The number of carbonyl (C=O) groups is 1. The molecule has 2 heterocycles. The number of fused-ring (bicyclic) bond motifs is 1. The molecule has 3 atom stereocenters. The summed E-state index contributed by atoms with van der Waals surface area (Å²) in [6.45, 7) is 2.86. The monoisotopic (exact) mass is 326 g/mol. The van der Waals surface area contributed by atoms with E-state index in [0.717, 1.165) is 32.3 Å². The molecule has 0 unspecified atom stereocenters. The molecular formula is C20H26N2O2. The third-order valence-electron chi connectivity index (χ3n) is 5.55. The topological polar surface area (TPSA) is 54.1 Å². The SMILES string of the molecule is Cc1ccc2[nH]cc([C@@H]3CCC[C@H](NC(=O)[C@@H]4CCCO4)C3)c2c1. The molecule has 4 rings (SSSR count). The van der Waals surface area contributed by atoms with Crippen molar-refractivity contribution in [2.45, 2.75) is 63.5 Å². The van der Waals surface area contributed by atoms with Crippen LogP contribution in [0.1, 0.15) is 55.6 Å². The maximum atomic E-state index is 12.3. The molecule has 1 aliphatic heterocycles. The molecule has 1 amide bonds. The highest BCUT2D eigenvalue weighted by atomic mass is 16.5. The maximum Gasteiger partial charge on any atom is 0.249 e. The number of nitrogens with one attached hydrogen (secondary N) is 2. The number of amides is 1. The molecule has 1 aromatic heterocycles. The molecule has 0 radical (unpaired) electrons. The van der Waals surface area contributed by atoms with E-state index < -0.39 is 0 Å². The second kappa shape index (κ2) is 6.60. The van der Waals surface area contributed by atoms with Crippen molar-refractivity contribution in [1.29, 1.82) is 0 Å². The van der Waals surface area contributed by atoms with Gasteiger partial charge in [0, 0.05) is 29.7 Å². The lowest BCUT2D eigenvalue weighted by Gasteiger charge is -2.30. The van der Waals surface area contributed by atoms with Crippen LogP contribution in [0.25, 0.3) is 10.9 Å². The van der Waals surface area contributed by atoms with Gasteiger partial charge in [0.25, 0.3) is 0 Å². The molecule has 1 saturated carbocycles. The number of benzene rings is 1. The first kappa shape index (κ1) is 15.7. The third-order valence-corrected chi connectivity index (χ3v) is 5.55. The number of carbonyl (C=O) groups excluding carboxylic acids is 1. The number of aromatic nitrogens is 1. The first-order valence-corrected chi connectivity index (χ1v) is 9.20. The molecule has 2 aliphatic rings. The summed E-state index contributed by atoms with van der Waals surface area (Å²) in [5.41, 5.74) is 3.91. The highest BCUT2D eigenvalue weighted by Crippen LogP contribution is 2.37. The number of aromatic amines is 1. The fourth-order valence-corrected chi connectivity index (χ4v) is 4.28. The van der Waals surface area contributed by atoms with E-state index in [0.29, 0.717) is 5.92 Å². The standard InChI is InChI=1S/C20H26N2O2/c1-13-7-8-18-16(10-13)17(12-21-18)14-4-2-5-15(11-14)22-20(23)19-6-3-9-24-19/h7-8,10,12,14-15,19,21H,2-6,9,11H2,1H3,(H,22,23)/t14-,15+,19+/m1/s1. The zero-order valence-electron chi connectivity index (χ0n) is 14.3. The Morgan fingerprint density at radius 2 is 2.17 bits per heavy atom. The number of hydrogen-bond acceptors (Lipinski definition) is 2. The summed E-state index contributed by atoms with van der Waals surface area (Å²) < 4.78 is 5.51. The molecule has 1 saturated heterocycles.